The Morgan fingerprint density at radius 3 is 2.36 bits per heavy atom. The highest BCUT2D eigenvalue weighted by Crippen LogP contribution is 2.27. The number of rotatable bonds is 1. The normalized spacial score (nSPS) is 11.6. The molecule has 1 rings (SSSR count). The van der Waals surface area contributed by atoms with Crippen LogP contribution in [0.4, 0.5) is 8.78 Å². The lowest BCUT2D eigenvalue weighted by atomic mass is 10.1. The van der Waals surface area contributed by atoms with Gasteiger partial charge in [0.1, 0.15) is 0 Å². The third-order valence-corrected chi connectivity index (χ3v) is 1.63. The molecule has 1 aromatic rings. The van der Waals surface area contributed by atoms with Crippen molar-refractivity contribution in [1.82, 2.24) is 0 Å². The first kappa shape index (κ1) is 8.53. The van der Waals surface area contributed by atoms with Gasteiger partial charge in [0.2, 0.25) is 0 Å². The van der Waals surface area contributed by atoms with E-state index in [0.29, 0.717) is 4.90 Å². The summed E-state index contributed by atoms with van der Waals surface area (Å²) in [4.78, 5) is 0.559. The Hall–Kier alpha value is -0.570. The van der Waals surface area contributed by atoms with Crippen molar-refractivity contribution in [1.29, 1.82) is 0 Å². The van der Waals surface area contributed by atoms with Crippen LogP contribution < -0.4 is 0 Å². The van der Waals surface area contributed by atoms with Gasteiger partial charge < -0.3 is 0 Å². The van der Waals surface area contributed by atoms with Crippen molar-refractivity contribution in [2.75, 3.05) is 0 Å². The van der Waals surface area contributed by atoms with E-state index in [4.69, 9.17) is 0 Å². The average Bonchev–Trinajstić information content (AvgIpc) is 1.86. The molecule has 0 saturated heterocycles. The van der Waals surface area contributed by atoms with Gasteiger partial charge in [-0.1, -0.05) is 12.1 Å². The van der Waals surface area contributed by atoms with Crippen LogP contribution >= 0.6 is 12.6 Å². The van der Waals surface area contributed by atoms with Crippen molar-refractivity contribution in [3.8, 4) is 0 Å². The molecule has 0 N–H and O–H groups in total. The van der Waals surface area contributed by atoms with E-state index in [2.05, 4.69) is 12.6 Å². The van der Waals surface area contributed by atoms with Gasteiger partial charge in [-0.05, 0) is 12.1 Å². The van der Waals surface area contributed by atoms with E-state index in [9.17, 15) is 8.78 Å². The summed E-state index contributed by atoms with van der Waals surface area (Å²) in [5.74, 6) is -2.77. The molecule has 0 radical (unpaired) electrons. The summed E-state index contributed by atoms with van der Waals surface area (Å²) in [5, 5.41) is 0. The average molecular weight is 174 g/mol. The molecule has 0 spiro atoms. The SMILES string of the molecule is CC(F)(F)c1cccc(S)c1. The molecule has 0 aliphatic carbocycles. The molecule has 0 unspecified atom stereocenters. The molecule has 0 aromatic heterocycles. The van der Waals surface area contributed by atoms with Gasteiger partial charge in [-0.25, -0.2) is 8.78 Å². The van der Waals surface area contributed by atoms with Crippen LogP contribution in [0, 0.1) is 0 Å². The van der Waals surface area contributed by atoms with Crippen LogP contribution in [0.25, 0.3) is 0 Å². The summed E-state index contributed by atoms with van der Waals surface area (Å²) in [6, 6.07) is 5.98. The molecule has 0 aliphatic heterocycles. The minimum absolute atomic E-state index is 0.00463. The molecule has 0 bridgehead atoms. The summed E-state index contributed by atoms with van der Waals surface area (Å²) in [7, 11) is 0. The lowest BCUT2D eigenvalue weighted by molar-refractivity contribution is 0.0172. The van der Waals surface area contributed by atoms with Crippen molar-refractivity contribution in [2.24, 2.45) is 0 Å². The number of benzene rings is 1. The highest BCUT2D eigenvalue weighted by molar-refractivity contribution is 7.80. The Balaban J connectivity index is 3.06. The van der Waals surface area contributed by atoms with Gasteiger partial charge in [0, 0.05) is 17.4 Å². The molecule has 0 fully saturated rings. The second-order valence-corrected chi connectivity index (χ2v) is 2.96. The Labute approximate surface area is 69.6 Å². The molecule has 3 heteroatoms. The van der Waals surface area contributed by atoms with Crippen molar-refractivity contribution < 1.29 is 8.78 Å². The predicted molar refractivity (Wildman–Crippen MR) is 43.3 cm³/mol. The zero-order valence-corrected chi connectivity index (χ0v) is 6.91. The van der Waals surface area contributed by atoms with Gasteiger partial charge in [-0.3, -0.25) is 0 Å². The Morgan fingerprint density at radius 2 is 2.00 bits per heavy atom. The second-order valence-electron chi connectivity index (χ2n) is 2.44. The molecule has 0 aliphatic rings. The van der Waals surface area contributed by atoms with E-state index >= 15 is 0 Å². The standard InChI is InChI=1S/C8H8F2S/c1-8(9,10)6-3-2-4-7(11)5-6/h2-5,11H,1H3. The lowest BCUT2D eigenvalue weighted by Gasteiger charge is -2.09. The van der Waals surface area contributed by atoms with Crippen molar-refractivity contribution in [2.45, 2.75) is 17.7 Å². The number of hydrogen-bond acceptors (Lipinski definition) is 1. The smallest absolute Gasteiger partial charge is 0.202 e. The van der Waals surface area contributed by atoms with E-state index in [-0.39, 0.29) is 5.56 Å². The zero-order chi connectivity index (χ0) is 8.48. The van der Waals surface area contributed by atoms with Gasteiger partial charge in [-0.15, -0.1) is 12.6 Å². The largest absolute Gasteiger partial charge is 0.270 e. The maximum Gasteiger partial charge on any atom is 0.270 e. The van der Waals surface area contributed by atoms with Crippen LogP contribution in [0.15, 0.2) is 29.2 Å². The quantitative estimate of drug-likeness (QED) is 0.621. The molecule has 0 nitrogen and oxygen atoms in total. The van der Waals surface area contributed by atoms with Gasteiger partial charge in [0.05, 0.1) is 0 Å². The number of alkyl halides is 2. The molecular formula is C8H8F2S. The second kappa shape index (κ2) is 2.81. The van der Waals surface area contributed by atoms with E-state index in [1.54, 1.807) is 12.1 Å². The molecular weight excluding hydrogens is 166 g/mol. The summed E-state index contributed by atoms with van der Waals surface area (Å²) in [6.07, 6.45) is 0. The fourth-order valence-electron chi connectivity index (χ4n) is 0.779. The summed E-state index contributed by atoms with van der Waals surface area (Å²) in [6.45, 7) is 0.871. The Kier molecular flexibility index (Phi) is 2.18. The van der Waals surface area contributed by atoms with E-state index in [1.165, 1.54) is 12.1 Å². The molecule has 1 aromatic carbocycles. The monoisotopic (exact) mass is 174 g/mol. The minimum Gasteiger partial charge on any atom is -0.202 e. The third-order valence-electron chi connectivity index (χ3n) is 1.35. The summed E-state index contributed by atoms with van der Waals surface area (Å²) in [5.41, 5.74) is 0.00463. The van der Waals surface area contributed by atoms with Gasteiger partial charge in [0.25, 0.3) is 5.92 Å². The van der Waals surface area contributed by atoms with E-state index in [1.807, 2.05) is 0 Å². The molecule has 0 atom stereocenters. The lowest BCUT2D eigenvalue weighted by Crippen LogP contribution is -2.06. The van der Waals surface area contributed by atoms with Crippen LogP contribution in [0.2, 0.25) is 0 Å². The number of thiol groups is 1. The molecule has 60 valence electrons. The molecule has 0 heterocycles. The fraction of sp³-hybridized carbons (Fsp3) is 0.250. The highest BCUT2D eigenvalue weighted by Gasteiger charge is 2.23. The number of hydrogen-bond donors (Lipinski definition) is 1. The van der Waals surface area contributed by atoms with Crippen LogP contribution in [0.1, 0.15) is 12.5 Å². The van der Waals surface area contributed by atoms with Crippen molar-refractivity contribution >= 4 is 12.6 Å². The summed E-state index contributed by atoms with van der Waals surface area (Å²) >= 11 is 3.95. The van der Waals surface area contributed by atoms with E-state index < -0.39 is 5.92 Å². The van der Waals surface area contributed by atoms with Crippen LogP contribution in [0.3, 0.4) is 0 Å². The minimum atomic E-state index is -2.77. The van der Waals surface area contributed by atoms with Crippen LogP contribution in [0.5, 0.6) is 0 Å². The first-order chi connectivity index (χ1) is 5.00. The maximum atomic E-state index is 12.6. The van der Waals surface area contributed by atoms with E-state index in [0.717, 1.165) is 6.92 Å². The molecule has 11 heavy (non-hydrogen) atoms. The Morgan fingerprint density at radius 1 is 1.36 bits per heavy atom. The Bertz CT molecular complexity index is 253. The first-order valence-electron chi connectivity index (χ1n) is 3.17. The van der Waals surface area contributed by atoms with Crippen LogP contribution in [-0.4, -0.2) is 0 Å². The summed E-state index contributed by atoms with van der Waals surface area (Å²) < 4.78 is 25.2. The first-order valence-corrected chi connectivity index (χ1v) is 3.62. The van der Waals surface area contributed by atoms with Gasteiger partial charge in [0.15, 0.2) is 0 Å². The van der Waals surface area contributed by atoms with Gasteiger partial charge in [-0.2, -0.15) is 0 Å². The van der Waals surface area contributed by atoms with Crippen LogP contribution in [-0.2, 0) is 5.92 Å². The maximum absolute atomic E-state index is 12.6. The third kappa shape index (κ3) is 2.19. The fourth-order valence-corrected chi connectivity index (χ4v) is 1.00. The number of halogens is 2. The molecule has 0 saturated carbocycles. The van der Waals surface area contributed by atoms with Gasteiger partial charge >= 0.3 is 0 Å². The molecule has 0 amide bonds. The highest BCUT2D eigenvalue weighted by atomic mass is 32.1. The zero-order valence-electron chi connectivity index (χ0n) is 6.01. The topological polar surface area (TPSA) is 0 Å². The predicted octanol–water partition coefficient (Wildman–Crippen LogP) is 3.09. The van der Waals surface area contributed by atoms with Crippen molar-refractivity contribution in [3.05, 3.63) is 29.8 Å². The van der Waals surface area contributed by atoms with Crippen molar-refractivity contribution in [3.63, 3.8) is 0 Å².